The van der Waals surface area contributed by atoms with Crippen LogP contribution in [0.2, 0.25) is 0 Å². The van der Waals surface area contributed by atoms with E-state index < -0.39 is 5.97 Å². The minimum atomic E-state index is -1.00. The van der Waals surface area contributed by atoms with E-state index in [1.807, 2.05) is 14.1 Å². The van der Waals surface area contributed by atoms with Crippen LogP contribution in [0.15, 0.2) is 18.3 Å². The number of carboxylic acids is 1. The van der Waals surface area contributed by atoms with Crippen molar-refractivity contribution in [1.82, 2.24) is 9.88 Å². The topological polar surface area (TPSA) is 65.5 Å². The molecule has 0 fully saturated rings. The number of aromatic nitrogens is 1. The van der Waals surface area contributed by atoms with Crippen molar-refractivity contribution in [1.29, 1.82) is 0 Å². The number of nitrogens with zero attached hydrogens (tertiary/aromatic N) is 2. The molecule has 0 aromatic carbocycles. The molecule has 0 spiro atoms. The lowest BCUT2D eigenvalue weighted by molar-refractivity contribution is 0.0690. The number of anilines is 1. The Morgan fingerprint density at radius 1 is 1.42 bits per heavy atom. The molecule has 0 aliphatic heterocycles. The molecule has 1 heterocycles. The molecule has 0 aliphatic carbocycles. The summed E-state index contributed by atoms with van der Waals surface area (Å²) in [7, 11) is 4.08. The SMILES string of the molecule is CC(C)CC(CN(C)C)Nc1ccc(C(=O)O)nc1. The summed E-state index contributed by atoms with van der Waals surface area (Å²) in [4.78, 5) is 16.8. The maximum Gasteiger partial charge on any atom is 0.354 e. The molecule has 5 nitrogen and oxygen atoms in total. The van der Waals surface area contributed by atoms with Crippen LogP contribution in [0.4, 0.5) is 5.69 Å². The molecule has 1 aromatic rings. The van der Waals surface area contributed by atoms with Crippen LogP contribution >= 0.6 is 0 Å². The second-order valence-electron chi connectivity index (χ2n) is 5.47. The summed E-state index contributed by atoms with van der Waals surface area (Å²) in [6, 6.07) is 3.61. The lowest BCUT2D eigenvalue weighted by Gasteiger charge is -2.24. The Morgan fingerprint density at radius 3 is 2.53 bits per heavy atom. The molecule has 19 heavy (non-hydrogen) atoms. The van der Waals surface area contributed by atoms with Crippen LogP contribution in [0.3, 0.4) is 0 Å². The third kappa shape index (κ3) is 5.70. The number of likely N-dealkylation sites (N-methyl/N-ethyl adjacent to an activating group) is 1. The Labute approximate surface area is 114 Å². The Morgan fingerprint density at radius 2 is 2.11 bits per heavy atom. The van der Waals surface area contributed by atoms with Gasteiger partial charge >= 0.3 is 5.97 Å². The highest BCUT2D eigenvalue weighted by Crippen LogP contribution is 2.13. The van der Waals surface area contributed by atoms with E-state index in [1.165, 1.54) is 6.07 Å². The molecule has 0 saturated heterocycles. The fourth-order valence-corrected chi connectivity index (χ4v) is 2.03. The van der Waals surface area contributed by atoms with Gasteiger partial charge in [0.25, 0.3) is 0 Å². The van der Waals surface area contributed by atoms with Gasteiger partial charge in [0.15, 0.2) is 0 Å². The molecule has 0 radical (unpaired) electrons. The van der Waals surface area contributed by atoms with Crippen molar-refractivity contribution >= 4 is 11.7 Å². The Kier molecular flexibility index (Phi) is 5.76. The highest BCUT2D eigenvalue weighted by Gasteiger charge is 2.12. The van der Waals surface area contributed by atoms with Gasteiger partial charge in [-0.25, -0.2) is 9.78 Å². The van der Waals surface area contributed by atoms with Crippen LogP contribution in [-0.4, -0.2) is 47.6 Å². The van der Waals surface area contributed by atoms with Crippen molar-refractivity contribution in [2.45, 2.75) is 26.3 Å². The van der Waals surface area contributed by atoms with Crippen LogP contribution < -0.4 is 5.32 Å². The first-order valence-electron chi connectivity index (χ1n) is 6.49. The minimum absolute atomic E-state index is 0.0681. The van der Waals surface area contributed by atoms with Gasteiger partial charge in [-0.2, -0.15) is 0 Å². The van der Waals surface area contributed by atoms with Crippen molar-refractivity contribution < 1.29 is 9.90 Å². The van der Waals surface area contributed by atoms with Gasteiger partial charge < -0.3 is 15.3 Å². The van der Waals surface area contributed by atoms with Crippen LogP contribution in [-0.2, 0) is 0 Å². The normalized spacial score (nSPS) is 12.7. The number of carbonyl (C=O) groups is 1. The van der Waals surface area contributed by atoms with Gasteiger partial charge in [-0.15, -0.1) is 0 Å². The Hall–Kier alpha value is -1.62. The zero-order valence-corrected chi connectivity index (χ0v) is 12.1. The summed E-state index contributed by atoms with van der Waals surface area (Å²) >= 11 is 0. The third-order valence-corrected chi connectivity index (χ3v) is 2.69. The van der Waals surface area contributed by atoms with Gasteiger partial charge in [0, 0.05) is 12.6 Å². The lowest BCUT2D eigenvalue weighted by atomic mass is 10.0. The summed E-state index contributed by atoms with van der Waals surface area (Å²) in [6.07, 6.45) is 2.63. The van der Waals surface area contributed by atoms with E-state index in [0.717, 1.165) is 18.7 Å². The van der Waals surface area contributed by atoms with E-state index in [1.54, 1.807) is 12.3 Å². The van der Waals surface area contributed by atoms with Gasteiger partial charge in [0.05, 0.1) is 11.9 Å². The number of hydrogen-bond donors (Lipinski definition) is 2. The third-order valence-electron chi connectivity index (χ3n) is 2.69. The maximum absolute atomic E-state index is 10.7. The van der Waals surface area contributed by atoms with Crippen LogP contribution in [0.1, 0.15) is 30.8 Å². The molecule has 1 atom stereocenters. The molecule has 2 N–H and O–H groups in total. The van der Waals surface area contributed by atoms with Gasteiger partial charge in [-0.1, -0.05) is 13.8 Å². The van der Waals surface area contributed by atoms with E-state index in [0.29, 0.717) is 12.0 Å². The summed E-state index contributed by atoms with van der Waals surface area (Å²) in [5.74, 6) is -0.401. The molecule has 1 unspecified atom stereocenters. The zero-order chi connectivity index (χ0) is 14.4. The molecule has 1 rings (SSSR count). The summed E-state index contributed by atoms with van der Waals surface area (Å²) in [5.41, 5.74) is 0.927. The van der Waals surface area contributed by atoms with Crippen molar-refractivity contribution in [3.05, 3.63) is 24.0 Å². The fraction of sp³-hybridized carbons (Fsp3) is 0.571. The van der Waals surface area contributed by atoms with Crippen LogP contribution in [0.25, 0.3) is 0 Å². The molecule has 0 amide bonds. The molecular weight excluding hydrogens is 242 g/mol. The first-order valence-corrected chi connectivity index (χ1v) is 6.49. The molecule has 0 saturated carbocycles. The fourth-order valence-electron chi connectivity index (χ4n) is 2.03. The first-order chi connectivity index (χ1) is 8.88. The predicted molar refractivity (Wildman–Crippen MR) is 76.6 cm³/mol. The maximum atomic E-state index is 10.7. The van der Waals surface area contributed by atoms with E-state index >= 15 is 0 Å². The highest BCUT2D eigenvalue weighted by molar-refractivity contribution is 5.85. The lowest BCUT2D eigenvalue weighted by Crippen LogP contribution is -2.33. The minimum Gasteiger partial charge on any atom is -0.477 e. The van der Waals surface area contributed by atoms with E-state index in [-0.39, 0.29) is 5.69 Å². The highest BCUT2D eigenvalue weighted by atomic mass is 16.4. The molecule has 106 valence electrons. The number of pyridine rings is 1. The largest absolute Gasteiger partial charge is 0.477 e. The van der Waals surface area contributed by atoms with Gasteiger partial charge in [-0.3, -0.25) is 0 Å². The van der Waals surface area contributed by atoms with E-state index in [9.17, 15) is 4.79 Å². The number of aromatic carboxylic acids is 1. The number of nitrogens with one attached hydrogen (secondary N) is 1. The predicted octanol–water partition coefficient (Wildman–Crippen LogP) is 2.17. The first kappa shape index (κ1) is 15.4. The molecular formula is C14H23N3O2. The van der Waals surface area contributed by atoms with E-state index in [4.69, 9.17) is 5.11 Å². The molecule has 0 aliphatic rings. The number of carboxylic acid groups (broad SMARTS) is 1. The van der Waals surface area contributed by atoms with Gasteiger partial charge in [-0.05, 0) is 38.6 Å². The van der Waals surface area contributed by atoms with Crippen molar-refractivity contribution in [2.75, 3.05) is 26.0 Å². The van der Waals surface area contributed by atoms with Gasteiger partial charge in [0.2, 0.25) is 0 Å². The monoisotopic (exact) mass is 265 g/mol. The zero-order valence-electron chi connectivity index (χ0n) is 12.1. The number of hydrogen-bond acceptors (Lipinski definition) is 4. The molecule has 0 bridgehead atoms. The van der Waals surface area contributed by atoms with Crippen molar-refractivity contribution in [2.24, 2.45) is 5.92 Å². The standard InChI is InChI=1S/C14H23N3O2/c1-10(2)7-12(9-17(3)4)16-11-5-6-13(14(18)19)15-8-11/h5-6,8,10,12,16H,7,9H2,1-4H3,(H,18,19). The Balaban J connectivity index is 2.69. The average Bonchev–Trinajstić information content (AvgIpc) is 2.27. The second-order valence-corrected chi connectivity index (χ2v) is 5.47. The van der Waals surface area contributed by atoms with Crippen LogP contribution in [0.5, 0.6) is 0 Å². The second kappa shape index (κ2) is 7.09. The quantitative estimate of drug-likeness (QED) is 0.791. The smallest absolute Gasteiger partial charge is 0.354 e. The van der Waals surface area contributed by atoms with Crippen molar-refractivity contribution in [3.8, 4) is 0 Å². The van der Waals surface area contributed by atoms with E-state index in [2.05, 4.69) is 29.0 Å². The summed E-state index contributed by atoms with van der Waals surface area (Å²) in [5, 5.41) is 12.2. The summed E-state index contributed by atoms with van der Waals surface area (Å²) in [6.45, 7) is 5.31. The van der Waals surface area contributed by atoms with Crippen LogP contribution in [0, 0.1) is 5.92 Å². The Bertz CT molecular complexity index is 392. The van der Waals surface area contributed by atoms with Crippen molar-refractivity contribution in [3.63, 3.8) is 0 Å². The average molecular weight is 265 g/mol. The number of rotatable bonds is 7. The molecule has 1 aromatic heterocycles. The summed E-state index contributed by atoms with van der Waals surface area (Å²) < 4.78 is 0. The van der Waals surface area contributed by atoms with Gasteiger partial charge in [0.1, 0.15) is 5.69 Å². The molecule has 5 heteroatoms.